The van der Waals surface area contributed by atoms with Crippen molar-refractivity contribution in [3.63, 3.8) is 0 Å². The van der Waals surface area contributed by atoms with Gasteiger partial charge in [-0.2, -0.15) is 0 Å². The maximum atomic E-state index is 13.2. The van der Waals surface area contributed by atoms with E-state index in [-0.39, 0.29) is 18.8 Å². The molecule has 1 unspecified atom stereocenters. The molecule has 2 N–H and O–H groups in total. The monoisotopic (exact) mass is 231 g/mol. The van der Waals surface area contributed by atoms with Gasteiger partial charge in [0.05, 0.1) is 18.4 Å². The van der Waals surface area contributed by atoms with Gasteiger partial charge in [-0.15, -0.1) is 0 Å². The number of hydrogen-bond acceptors (Lipinski definition) is 3. The largest absolute Gasteiger partial charge is 0.389 e. The van der Waals surface area contributed by atoms with Crippen molar-refractivity contribution in [3.05, 3.63) is 29.8 Å². The molecule has 0 aliphatic heterocycles. The summed E-state index contributed by atoms with van der Waals surface area (Å²) in [5, 5.41) is 12.0. The van der Waals surface area contributed by atoms with Crippen molar-refractivity contribution >= 4 is 5.69 Å². The number of anilines is 1. The fourth-order valence-corrected chi connectivity index (χ4v) is 1.18. The fraction of sp³-hybridized carbons (Fsp3) is 0.455. The lowest BCUT2D eigenvalue weighted by Gasteiger charge is -2.13. The van der Waals surface area contributed by atoms with Gasteiger partial charge in [-0.3, -0.25) is 0 Å². The van der Waals surface area contributed by atoms with E-state index in [1.165, 1.54) is 12.1 Å². The normalized spacial score (nSPS) is 12.5. The fourth-order valence-electron chi connectivity index (χ4n) is 1.18. The Bertz CT molecular complexity index is 334. The molecule has 1 rings (SSSR count). The SMILES string of the molecule is CCOCC(O)CNc1cccc(F)c1F. The average molecular weight is 231 g/mol. The molecule has 1 aromatic rings. The summed E-state index contributed by atoms with van der Waals surface area (Å²) in [6.45, 7) is 2.60. The van der Waals surface area contributed by atoms with Crippen LogP contribution in [0.2, 0.25) is 0 Å². The van der Waals surface area contributed by atoms with Crippen molar-refractivity contribution in [1.82, 2.24) is 0 Å². The molecule has 1 aromatic carbocycles. The predicted molar refractivity (Wildman–Crippen MR) is 57.3 cm³/mol. The summed E-state index contributed by atoms with van der Waals surface area (Å²) in [5.41, 5.74) is 0.0375. The van der Waals surface area contributed by atoms with Crippen LogP contribution in [0.15, 0.2) is 18.2 Å². The van der Waals surface area contributed by atoms with Crippen LogP contribution in [-0.2, 0) is 4.74 Å². The molecule has 0 saturated carbocycles. The van der Waals surface area contributed by atoms with E-state index in [0.717, 1.165) is 6.07 Å². The van der Waals surface area contributed by atoms with Crippen LogP contribution in [0.1, 0.15) is 6.92 Å². The van der Waals surface area contributed by atoms with Gasteiger partial charge in [0, 0.05) is 13.2 Å². The molecule has 0 radical (unpaired) electrons. The Morgan fingerprint density at radius 1 is 1.44 bits per heavy atom. The molecule has 0 aromatic heterocycles. The number of benzene rings is 1. The van der Waals surface area contributed by atoms with Gasteiger partial charge < -0.3 is 15.2 Å². The van der Waals surface area contributed by atoms with Crippen LogP contribution in [0.4, 0.5) is 14.5 Å². The minimum atomic E-state index is -0.939. The minimum Gasteiger partial charge on any atom is -0.389 e. The van der Waals surface area contributed by atoms with Gasteiger partial charge in [-0.05, 0) is 19.1 Å². The van der Waals surface area contributed by atoms with Crippen LogP contribution in [-0.4, -0.2) is 31.0 Å². The standard InChI is InChI=1S/C11H15F2NO2/c1-2-16-7-8(15)6-14-10-5-3-4-9(12)11(10)13/h3-5,8,14-15H,2,6-7H2,1H3. The lowest BCUT2D eigenvalue weighted by Crippen LogP contribution is -2.25. The molecule has 5 heteroatoms. The molecule has 16 heavy (non-hydrogen) atoms. The van der Waals surface area contributed by atoms with E-state index in [2.05, 4.69) is 5.32 Å². The van der Waals surface area contributed by atoms with Gasteiger partial charge in [0.2, 0.25) is 0 Å². The Kier molecular flexibility index (Phi) is 5.14. The van der Waals surface area contributed by atoms with Gasteiger partial charge in [-0.1, -0.05) is 6.07 Å². The molecular formula is C11H15F2NO2. The summed E-state index contributed by atoms with van der Waals surface area (Å²) in [6, 6.07) is 3.85. The summed E-state index contributed by atoms with van der Waals surface area (Å²) < 4.78 is 30.9. The molecule has 0 saturated heterocycles. The van der Waals surface area contributed by atoms with Crippen molar-refractivity contribution < 1.29 is 18.6 Å². The first-order chi connectivity index (χ1) is 7.65. The Hall–Kier alpha value is -1.20. The number of ether oxygens (including phenoxy) is 1. The van der Waals surface area contributed by atoms with E-state index in [1.807, 2.05) is 6.92 Å². The highest BCUT2D eigenvalue weighted by Gasteiger charge is 2.09. The highest BCUT2D eigenvalue weighted by molar-refractivity contribution is 5.44. The Labute approximate surface area is 93.0 Å². The van der Waals surface area contributed by atoms with E-state index in [1.54, 1.807) is 0 Å². The van der Waals surface area contributed by atoms with E-state index < -0.39 is 17.7 Å². The molecule has 0 aliphatic carbocycles. The maximum absolute atomic E-state index is 13.2. The first-order valence-electron chi connectivity index (χ1n) is 5.08. The molecule has 1 atom stereocenters. The Morgan fingerprint density at radius 2 is 2.19 bits per heavy atom. The number of aliphatic hydroxyl groups excluding tert-OH is 1. The summed E-state index contributed by atoms with van der Waals surface area (Å²) in [7, 11) is 0. The second-order valence-corrected chi connectivity index (χ2v) is 3.30. The minimum absolute atomic E-state index is 0.0375. The highest BCUT2D eigenvalue weighted by Crippen LogP contribution is 2.16. The van der Waals surface area contributed by atoms with E-state index in [9.17, 15) is 13.9 Å². The van der Waals surface area contributed by atoms with Crippen LogP contribution in [0.5, 0.6) is 0 Å². The quantitative estimate of drug-likeness (QED) is 0.784. The summed E-state index contributed by atoms with van der Waals surface area (Å²) in [4.78, 5) is 0. The van der Waals surface area contributed by atoms with Crippen LogP contribution >= 0.6 is 0 Å². The van der Waals surface area contributed by atoms with Gasteiger partial charge >= 0.3 is 0 Å². The molecule has 0 heterocycles. The lowest BCUT2D eigenvalue weighted by atomic mass is 10.2. The van der Waals surface area contributed by atoms with Crippen molar-refractivity contribution in [2.75, 3.05) is 25.1 Å². The van der Waals surface area contributed by atoms with Crippen LogP contribution in [0, 0.1) is 11.6 Å². The third-order valence-corrected chi connectivity index (χ3v) is 1.99. The lowest BCUT2D eigenvalue weighted by molar-refractivity contribution is 0.0495. The summed E-state index contributed by atoms with van der Waals surface area (Å²) in [6.07, 6.45) is -0.748. The smallest absolute Gasteiger partial charge is 0.181 e. The zero-order valence-corrected chi connectivity index (χ0v) is 9.04. The molecule has 0 fully saturated rings. The molecule has 0 aliphatic rings. The first kappa shape index (κ1) is 12.9. The summed E-state index contributed by atoms with van der Waals surface area (Å²) in [5.74, 6) is -1.85. The van der Waals surface area contributed by atoms with Crippen molar-refractivity contribution in [2.45, 2.75) is 13.0 Å². The van der Waals surface area contributed by atoms with Crippen molar-refractivity contribution in [3.8, 4) is 0 Å². The molecular weight excluding hydrogens is 216 g/mol. The molecule has 90 valence electrons. The van der Waals surface area contributed by atoms with E-state index in [0.29, 0.717) is 6.61 Å². The second kappa shape index (κ2) is 6.40. The maximum Gasteiger partial charge on any atom is 0.181 e. The topological polar surface area (TPSA) is 41.5 Å². The second-order valence-electron chi connectivity index (χ2n) is 3.30. The Morgan fingerprint density at radius 3 is 2.88 bits per heavy atom. The number of nitrogens with one attached hydrogen (secondary N) is 1. The van der Waals surface area contributed by atoms with Gasteiger partial charge in [0.25, 0.3) is 0 Å². The van der Waals surface area contributed by atoms with Crippen LogP contribution in [0.25, 0.3) is 0 Å². The number of hydrogen-bond donors (Lipinski definition) is 2. The highest BCUT2D eigenvalue weighted by atomic mass is 19.2. The molecule has 0 bridgehead atoms. The first-order valence-corrected chi connectivity index (χ1v) is 5.08. The van der Waals surface area contributed by atoms with Gasteiger partial charge in [0.15, 0.2) is 11.6 Å². The van der Waals surface area contributed by atoms with Gasteiger partial charge in [0.1, 0.15) is 0 Å². The Balaban J connectivity index is 2.45. The van der Waals surface area contributed by atoms with Crippen LogP contribution in [0.3, 0.4) is 0 Å². The van der Waals surface area contributed by atoms with Gasteiger partial charge in [-0.25, -0.2) is 8.78 Å². The van der Waals surface area contributed by atoms with E-state index in [4.69, 9.17) is 4.74 Å². The van der Waals surface area contributed by atoms with Crippen LogP contribution < -0.4 is 5.32 Å². The van der Waals surface area contributed by atoms with Crippen molar-refractivity contribution in [2.24, 2.45) is 0 Å². The zero-order valence-electron chi connectivity index (χ0n) is 9.04. The molecule has 0 amide bonds. The number of halogens is 2. The number of aliphatic hydroxyl groups is 1. The number of rotatable bonds is 6. The summed E-state index contributed by atoms with van der Waals surface area (Å²) >= 11 is 0. The third kappa shape index (κ3) is 3.75. The zero-order chi connectivity index (χ0) is 12.0. The average Bonchev–Trinajstić information content (AvgIpc) is 2.28. The third-order valence-electron chi connectivity index (χ3n) is 1.99. The predicted octanol–water partition coefficient (Wildman–Crippen LogP) is 1.77. The molecule has 3 nitrogen and oxygen atoms in total. The van der Waals surface area contributed by atoms with Crippen molar-refractivity contribution in [1.29, 1.82) is 0 Å². The van der Waals surface area contributed by atoms with E-state index >= 15 is 0 Å². The molecule has 0 spiro atoms.